The third-order valence-corrected chi connectivity index (χ3v) is 2.51. The van der Waals surface area contributed by atoms with Crippen molar-refractivity contribution in [3.05, 3.63) is 35.9 Å². The average molecular weight is 220 g/mol. The standard InChI is InChI=1S/C13H20N2O/c1-10(2)13(16)15-9-8-12(14)11-6-4-3-5-7-11/h3-7,10,12H,8-9,14H2,1-2H3,(H,15,16). The van der Waals surface area contributed by atoms with Crippen LogP contribution in [0.5, 0.6) is 0 Å². The van der Waals surface area contributed by atoms with Crippen LogP contribution < -0.4 is 11.1 Å². The van der Waals surface area contributed by atoms with Crippen molar-refractivity contribution in [2.75, 3.05) is 6.54 Å². The zero-order valence-corrected chi connectivity index (χ0v) is 9.94. The van der Waals surface area contributed by atoms with Crippen molar-refractivity contribution >= 4 is 5.91 Å². The summed E-state index contributed by atoms with van der Waals surface area (Å²) in [6, 6.07) is 9.93. The van der Waals surface area contributed by atoms with E-state index in [4.69, 9.17) is 5.73 Å². The molecule has 0 heterocycles. The lowest BCUT2D eigenvalue weighted by molar-refractivity contribution is -0.123. The van der Waals surface area contributed by atoms with Gasteiger partial charge in [0.15, 0.2) is 0 Å². The van der Waals surface area contributed by atoms with Gasteiger partial charge >= 0.3 is 0 Å². The molecule has 0 aromatic heterocycles. The fraction of sp³-hybridized carbons (Fsp3) is 0.462. The van der Waals surface area contributed by atoms with Crippen LogP contribution in [0.3, 0.4) is 0 Å². The minimum atomic E-state index is -0.00587. The van der Waals surface area contributed by atoms with Crippen molar-refractivity contribution in [3.63, 3.8) is 0 Å². The number of nitrogens with one attached hydrogen (secondary N) is 1. The third kappa shape index (κ3) is 4.03. The molecule has 1 aromatic carbocycles. The number of benzene rings is 1. The molecule has 0 aliphatic carbocycles. The van der Waals surface area contributed by atoms with Crippen LogP contribution in [0.25, 0.3) is 0 Å². The maximum absolute atomic E-state index is 11.3. The molecule has 0 spiro atoms. The molecular formula is C13H20N2O. The topological polar surface area (TPSA) is 55.1 Å². The first-order chi connectivity index (χ1) is 7.61. The van der Waals surface area contributed by atoms with Crippen molar-refractivity contribution in [2.24, 2.45) is 11.7 Å². The monoisotopic (exact) mass is 220 g/mol. The highest BCUT2D eigenvalue weighted by Crippen LogP contribution is 2.12. The third-order valence-electron chi connectivity index (χ3n) is 2.51. The van der Waals surface area contributed by atoms with Crippen molar-refractivity contribution in [1.82, 2.24) is 5.32 Å². The summed E-state index contributed by atoms with van der Waals surface area (Å²) in [4.78, 5) is 11.3. The van der Waals surface area contributed by atoms with E-state index in [1.54, 1.807) is 0 Å². The van der Waals surface area contributed by atoms with Gasteiger partial charge in [-0.25, -0.2) is 0 Å². The molecule has 0 bridgehead atoms. The Labute approximate surface area is 97.0 Å². The smallest absolute Gasteiger partial charge is 0.222 e. The maximum atomic E-state index is 11.3. The van der Waals surface area contributed by atoms with Crippen molar-refractivity contribution in [3.8, 4) is 0 Å². The number of carbonyl (C=O) groups is 1. The Morgan fingerprint density at radius 1 is 1.31 bits per heavy atom. The van der Waals surface area contributed by atoms with Crippen LogP contribution in [0.2, 0.25) is 0 Å². The van der Waals surface area contributed by atoms with E-state index in [1.165, 1.54) is 0 Å². The zero-order chi connectivity index (χ0) is 12.0. The molecule has 1 unspecified atom stereocenters. The van der Waals surface area contributed by atoms with Gasteiger partial charge in [0.25, 0.3) is 0 Å². The lowest BCUT2D eigenvalue weighted by Crippen LogP contribution is -2.30. The van der Waals surface area contributed by atoms with Gasteiger partial charge in [0.2, 0.25) is 5.91 Å². The second kappa shape index (κ2) is 6.28. The molecule has 0 saturated carbocycles. The van der Waals surface area contributed by atoms with Gasteiger partial charge in [-0.1, -0.05) is 44.2 Å². The van der Waals surface area contributed by atoms with Crippen LogP contribution in [0.4, 0.5) is 0 Å². The Kier molecular flexibility index (Phi) is 4.99. The summed E-state index contributed by atoms with van der Waals surface area (Å²) < 4.78 is 0. The van der Waals surface area contributed by atoms with Gasteiger partial charge in [-0.2, -0.15) is 0 Å². The quantitative estimate of drug-likeness (QED) is 0.795. The lowest BCUT2D eigenvalue weighted by atomic mass is 10.0. The predicted octanol–water partition coefficient (Wildman–Crippen LogP) is 1.85. The number of rotatable bonds is 5. The maximum Gasteiger partial charge on any atom is 0.222 e. The first-order valence-electron chi connectivity index (χ1n) is 5.69. The second-order valence-electron chi connectivity index (χ2n) is 4.25. The summed E-state index contributed by atoms with van der Waals surface area (Å²) in [6.45, 7) is 4.39. The number of hydrogen-bond acceptors (Lipinski definition) is 2. The summed E-state index contributed by atoms with van der Waals surface area (Å²) in [5, 5.41) is 2.86. The number of hydrogen-bond donors (Lipinski definition) is 2. The molecule has 1 rings (SSSR count). The van der Waals surface area contributed by atoms with Crippen molar-refractivity contribution in [1.29, 1.82) is 0 Å². The van der Waals surface area contributed by atoms with E-state index in [0.717, 1.165) is 12.0 Å². The predicted molar refractivity (Wildman–Crippen MR) is 65.8 cm³/mol. The van der Waals surface area contributed by atoms with Crippen LogP contribution in [0.15, 0.2) is 30.3 Å². The molecule has 0 aliphatic rings. The number of carbonyl (C=O) groups excluding carboxylic acids is 1. The van der Waals surface area contributed by atoms with E-state index in [0.29, 0.717) is 6.54 Å². The van der Waals surface area contributed by atoms with E-state index in [2.05, 4.69) is 5.32 Å². The van der Waals surface area contributed by atoms with Gasteiger partial charge < -0.3 is 11.1 Å². The Morgan fingerprint density at radius 2 is 1.94 bits per heavy atom. The summed E-state index contributed by atoms with van der Waals surface area (Å²) in [7, 11) is 0. The molecule has 0 radical (unpaired) electrons. The zero-order valence-electron chi connectivity index (χ0n) is 9.94. The fourth-order valence-corrected chi connectivity index (χ4v) is 1.42. The van der Waals surface area contributed by atoms with Gasteiger partial charge in [-0.3, -0.25) is 4.79 Å². The van der Waals surface area contributed by atoms with E-state index in [1.807, 2.05) is 44.2 Å². The lowest BCUT2D eigenvalue weighted by Gasteiger charge is -2.13. The van der Waals surface area contributed by atoms with Crippen LogP contribution in [0.1, 0.15) is 31.9 Å². The van der Waals surface area contributed by atoms with Crippen LogP contribution in [0, 0.1) is 5.92 Å². The molecule has 88 valence electrons. The highest BCUT2D eigenvalue weighted by molar-refractivity contribution is 5.77. The van der Waals surface area contributed by atoms with Gasteiger partial charge in [-0.05, 0) is 12.0 Å². The minimum absolute atomic E-state index is 0.00587. The first kappa shape index (κ1) is 12.7. The molecule has 1 amide bonds. The fourth-order valence-electron chi connectivity index (χ4n) is 1.42. The Morgan fingerprint density at radius 3 is 2.50 bits per heavy atom. The van der Waals surface area contributed by atoms with E-state index in [9.17, 15) is 4.79 Å². The summed E-state index contributed by atoms with van der Waals surface area (Å²) >= 11 is 0. The summed E-state index contributed by atoms with van der Waals surface area (Å²) in [5.74, 6) is 0.119. The molecule has 3 N–H and O–H groups in total. The molecule has 0 saturated heterocycles. The molecule has 0 fully saturated rings. The molecule has 1 atom stereocenters. The van der Waals surface area contributed by atoms with E-state index >= 15 is 0 Å². The minimum Gasteiger partial charge on any atom is -0.356 e. The number of nitrogens with two attached hydrogens (primary N) is 1. The average Bonchev–Trinajstić information content (AvgIpc) is 2.29. The molecule has 3 nitrogen and oxygen atoms in total. The first-order valence-corrected chi connectivity index (χ1v) is 5.69. The molecule has 3 heteroatoms. The van der Waals surface area contributed by atoms with Crippen molar-refractivity contribution < 1.29 is 4.79 Å². The second-order valence-corrected chi connectivity index (χ2v) is 4.25. The highest BCUT2D eigenvalue weighted by Gasteiger charge is 2.08. The number of amides is 1. The Hall–Kier alpha value is -1.35. The van der Waals surface area contributed by atoms with Gasteiger partial charge in [0.1, 0.15) is 0 Å². The summed E-state index contributed by atoms with van der Waals surface area (Å²) in [6.07, 6.45) is 0.766. The SMILES string of the molecule is CC(C)C(=O)NCCC(N)c1ccccc1. The largest absolute Gasteiger partial charge is 0.356 e. The van der Waals surface area contributed by atoms with E-state index in [-0.39, 0.29) is 17.9 Å². The Balaban J connectivity index is 2.31. The Bertz CT molecular complexity index is 322. The molecule has 0 aliphatic heterocycles. The molecule has 16 heavy (non-hydrogen) atoms. The van der Waals surface area contributed by atoms with Crippen LogP contribution in [-0.4, -0.2) is 12.5 Å². The van der Waals surface area contributed by atoms with Crippen LogP contribution in [-0.2, 0) is 4.79 Å². The highest BCUT2D eigenvalue weighted by atomic mass is 16.1. The van der Waals surface area contributed by atoms with Crippen molar-refractivity contribution in [2.45, 2.75) is 26.3 Å². The van der Waals surface area contributed by atoms with E-state index < -0.39 is 0 Å². The molecule has 1 aromatic rings. The van der Waals surface area contributed by atoms with Gasteiger partial charge in [0.05, 0.1) is 0 Å². The van der Waals surface area contributed by atoms with Crippen LogP contribution >= 0.6 is 0 Å². The normalized spacial score (nSPS) is 12.5. The van der Waals surface area contributed by atoms with Gasteiger partial charge in [-0.15, -0.1) is 0 Å². The van der Waals surface area contributed by atoms with Gasteiger partial charge in [0, 0.05) is 18.5 Å². The summed E-state index contributed by atoms with van der Waals surface area (Å²) in [5.41, 5.74) is 7.12. The molecular weight excluding hydrogens is 200 g/mol.